The van der Waals surface area contributed by atoms with Gasteiger partial charge in [-0.15, -0.1) is 6.58 Å². The highest BCUT2D eigenvalue weighted by molar-refractivity contribution is 9.10. The van der Waals surface area contributed by atoms with Crippen molar-refractivity contribution in [2.24, 2.45) is 0 Å². The summed E-state index contributed by atoms with van der Waals surface area (Å²) in [5, 5.41) is 5.71. The molecule has 1 aromatic carbocycles. The van der Waals surface area contributed by atoms with Gasteiger partial charge < -0.3 is 10.1 Å². The first kappa shape index (κ1) is 16.7. The average Bonchev–Trinajstić information content (AvgIpc) is 2.43. The highest BCUT2D eigenvalue weighted by Gasteiger charge is 2.14. The fourth-order valence-electron chi connectivity index (χ4n) is 1.40. The minimum absolute atomic E-state index is 0.260. The Kier molecular flexibility index (Phi) is 7.25. The Hall–Kier alpha value is -1.40. The van der Waals surface area contributed by atoms with Crippen LogP contribution in [0.2, 0.25) is 0 Å². The quantitative estimate of drug-likeness (QED) is 0.607. The van der Waals surface area contributed by atoms with E-state index < -0.39 is 0 Å². The Morgan fingerprint density at radius 2 is 2.30 bits per heavy atom. The van der Waals surface area contributed by atoms with Crippen LogP contribution < -0.4 is 15.4 Å². The van der Waals surface area contributed by atoms with Crippen LogP contribution in [0.4, 0.5) is 0 Å². The smallest absolute Gasteiger partial charge is 0.261 e. The zero-order valence-electron chi connectivity index (χ0n) is 11.2. The first-order chi connectivity index (χ1) is 9.58. The summed E-state index contributed by atoms with van der Waals surface area (Å²) in [7, 11) is 0. The van der Waals surface area contributed by atoms with Crippen LogP contribution in [0, 0.1) is 0 Å². The average molecular weight is 357 g/mol. The van der Waals surface area contributed by atoms with Crippen molar-refractivity contribution in [3.8, 4) is 5.75 Å². The van der Waals surface area contributed by atoms with Crippen LogP contribution >= 0.6 is 28.1 Å². The Morgan fingerprint density at radius 1 is 1.55 bits per heavy atom. The van der Waals surface area contributed by atoms with Gasteiger partial charge in [-0.3, -0.25) is 10.1 Å². The van der Waals surface area contributed by atoms with Crippen LogP contribution in [0.25, 0.3) is 0 Å². The summed E-state index contributed by atoms with van der Waals surface area (Å²) in [5.41, 5.74) is 0.440. The van der Waals surface area contributed by atoms with Crippen LogP contribution in [0.15, 0.2) is 35.3 Å². The maximum absolute atomic E-state index is 12.2. The summed E-state index contributed by atoms with van der Waals surface area (Å²) < 4.78 is 6.37. The molecule has 4 nitrogen and oxygen atoms in total. The van der Waals surface area contributed by atoms with E-state index in [1.807, 2.05) is 13.0 Å². The van der Waals surface area contributed by atoms with E-state index in [0.717, 1.165) is 10.9 Å². The lowest BCUT2D eigenvalue weighted by Crippen LogP contribution is -2.39. The molecule has 0 unspecified atom stereocenters. The SMILES string of the molecule is C=CCNC(=S)NC(=O)c1cc(Br)ccc1OCCC. The monoisotopic (exact) mass is 356 g/mol. The summed E-state index contributed by atoms with van der Waals surface area (Å²) in [6.07, 6.45) is 2.53. The van der Waals surface area contributed by atoms with Gasteiger partial charge >= 0.3 is 0 Å². The summed E-state index contributed by atoms with van der Waals surface area (Å²) in [6, 6.07) is 5.29. The van der Waals surface area contributed by atoms with Gasteiger partial charge in [0.25, 0.3) is 5.91 Å². The molecule has 0 fully saturated rings. The topological polar surface area (TPSA) is 50.4 Å². The van der Waals surface area contributed by atoms with Gasteiger partial charge in [-0.25, -0.2) is 0 Å². The predicted octanol–water partition coefficient (Wildman–Crippen LogP) is 3.03. The minimum atomic E-state index is -0.307. The molecule has 0 spiro atoms. The lowest BCUT2D eigenvalue weighted by molar-refractivity contribution is 0.0972. The number of carbonyl (C=O) groups is 1. The number of hydrogen-bond donors (Lipinski definition) is 2. The Morgan fingerprint density at radius 3 is 2.95 bits per heavy atom. The van der Waals surface area contributed by atoms with Gasteiger partial charge in [-0.2, -0.15) is 0 Å². The van der Waals surface area contributed by atoms with Gasteiger partial charge in [0.15, 0.2) is 5.11 Å². The number of nitrogens with one attached hydrogen (secondary N) is 2. The molecule has 0 bridgehead atoms. The van der Waals surface area contributed by atoms with Gasteiger partial charge in [0.1, 0.15) is 5.75 Å². The van der Waals surface area contributed by atoms with Gasteiger partial charge in [0.2, 0.25) is 0 Å². The van der Waals surface area contributed by atoms with Crippen molar-refractivity contribution < 1.29 is 9.53 Å². The minimum Gasteiger partial charge on any atom is -0.493 e. The number of ether oxygens (including phenoxy) is 1. The number of amides is 1. The largest absolute Gasteiger partial charge is 0.493 e. The van der Waals surface area contributed by atoms with E-state index in [1.165, 1.54) is 0 Å². The molecule has 0 saturated heterocycles. The zero-order valence-corrected chi connectivity index (χ0v) is 13.6. The number of halogens is 1. The van der Waals surface area contributed by atoms with Crippen molar-refractivity contribution in [2.75, 3.05) is 13.2 Å². The molecule has 0 heterocycles. The highest BCUT2D eigenvalue weighted by Crippen LogP contribution is 2.23. The Labute approximate surface area is 132 Å². The molecule has 108 valence electrons. The summed E-state index contributed by atoms with van der Waals surface area (Å²) in [4.78, 5) is 12.2. The van der Waals surface area contributed by atoms with Crippen molar-refractivity contribution in [3.05, 3.63) is 40.9 Å². The van der Waals surface area contributed by atoms with E-state index in [0.29, 0.717) is 24.5 Å². The molecule has 6 heteroatoms. The standard InChI is InChI=1S/C14H17BrN2O2S/c1-3-7-16-14(20)17-13(18)11-9-10(15)5-6-12(11)19-8-4-2/h3,5-6,9H,1,4,7-8H2,2H3,(H2,16,17,18,20). The summed E-state index contributed by atoms with van der Waals surface area (Å²) in [5.74, 6) is 0.234. The van der Waals surface area contributed by atoms with Crippen molar-refractivity contribution in [1.82, 2.24) is 10.6 Å². The molecule has 0 aliphatic carbocycles. The molecule has 2 N–H and O–H groups in total. The van der Waals surface area contributed by atoms with E-state index >= 15 is 0 Å². The molecule has 1 amide bonds. The van der Waals surface area contributed by atoms with Gasteiger partial charge in [-0.1, -0.05) is 28.9 Å². The number of benzene rings is 1. The molecule has 0 aliphatic rings. The van der Waals surface area contributed by atoms with Gasteiger partial charge in [0.05, 0.1) is 12.2 Å². The molecule has 0 aromatic heterocycles. The third kappa shape index (κ3) is 5.30. The molecule has 20 heavy (non-hydrogen) atoms. The molecule has 0 atom stereocenters. The molecule has 0 radical (unpaired) electrons. The van der Waals surface area contributed by atoms with Crippen LogP contribution in [0.5, 0.6) is 5.75 Å². The summed E-state index contributed by atoms with van der Waals surface area (Å²) in [6.45, 7) is 6.63. The van der Waals surface area contributed by atoms with Crippen LogP contribution in [-0.2, 0) is 0 Å². The van der Waals surface area contributed by atoms with Crippen molar-refractivity contribution in [1.29, 1.82) is 0 Å². The number of thiocarbonyl (C=S) groups is 1. The van der Waals surface area contributed by atoms with E-state index in [-0.39, 0.29) is 11.0 Å². The highest BCUT2D eigenvalue weighted by atomic mass is 79.9. The Balaban J connectivity index is 2.81. The van der Waals surface area contributed by atoms with Crippen LogP contribution in [0.1, 0.15) is 23.7 Å². The number of hydrogen-bond acceptors (Lipinski definition) is 3. The maximum atomic E-state index is 12.2. The third-order valence-corrected chi connectivity index (χ3v) is 3.02. The maximum Gasteiger partial charge on any atom is 0.261 e. The lowest BCUT2D eigenvalue weighted by Gasteiger charge is -2.12. The Bertz CT molecular complexity index is 506. The van der Waals surface area contributed by atoms with Crippen molar-refractivity contribution in [3.63, 3.8) is 0 Å². The van der Waals surface area contributed by atoms with Gasteiger partial charge in [-0.05, 0) is 36.8 Å². The van der Waals surface area contributed by atoms with E-state index in [4.69, 9.17) is 17.0 Å². The second-order valence-electron chi connectivity index (χ2n) is 3.94. The predicted molar refractivity (Wildman–Crippen MR) is 88.2 cm³/mol. The zero-order chi connectivity index (χ0) is 15.0. The molecular formula is C14H17BrN2O2S. The first-order valence-corrected chi connectivity index (χ1v) is 7.41. The van der Waals surface area contributed by atoms with Crippen LogP contribution in [-0.4, -0.2) is 24.2 Å². The van der Waals surface area contributed by atoms with E-state index in [2.05, 4.69) is 33.1 Å². The second-order valence-corrected chi connectivity index (χ2v) is 5.27. The lowest BCUT2D eigenvalue weighted by atomic mass is 10.2. The molecular weight excluding hydrogens is 340 g/mol. The molecule has 1 rings (SSSR count). The molecule has 0 aliphatic heterocycles. The fraction of sp³-hybridized carbons (Fsp3) is 0.286. The van der Waals surface area contributed by atoms with E-state index in [9.17, 15) is 4.79 Å². The number of carbonyl (C=O) groups excluding carboxylic acids is 1. The third-order valence-electron chi connectivity index (χ3n) is 2.28. The fourth-order valence-corrected chi connectivity index (χ4v) is 1.93. The summed E-state index contributed by atoms with van der Waals surface area (Å²) >= 11 is 8.36. The molecule has 1 aromatic rings. The first-order valence-electron chi connectivity index (χ1n) is 6.21. The molecule has 0 saturated carbocycles. The van der Waals surface area contributed by atoms with Crippen LogP contribution in [0.3, 0.4) is 0 Å². The van der Waals surface area contributed by atoms with Crippen molar-refractivity contribution >= 4 is 39.2 Å². The number of rotatable bonds is 6. The second kappa shape index (κ2) is 8.71. The van der Waals surface area contributed by atoms with Crippen molar-refractivity contribution in [2.45, 2.75) is 13.3 Å². The normalized spacial score (nSPS) is 9.70. The van der Waals surface area contributed by atoms with E-state index in [1.54, 1.807) is 18.2 Å². The van der Waals surface area contributed by atoms with Gasteiger partial charge in [0, 0.05) is 11.0 Å².